The Bertz CT molecular complexity index is 399. The maximum Gasteiger partial charge on any atom is 0.133 e. The number of anilines is 1. The molecule has 2 aliphatic rings. The standard InChI is InChI=1S/C14H22N4/c1-2-4-11(5-3-1)18-14-12-6-8-15-9-7-13(12)16-10-17-14/h10-11,15H,1-9H2,(H,16,17,18). The van der Waals surface area contributed by atoms with Crippen LogP contribution in [0.2, 0.25) is 0 Å². The summed E-state index contributed by atoms with van der Waals surface area (Å²) >= 11 is 0. The third kappa shape index (κ3) is 2.64. The van der Waals surface area contributed by atoms with Gasteiger partial charge in [0.1, 0.15) is 12.1 Å². The first-order chi connectivity index (χ1) is 8.93. The maximum atomic E-state index is 4.48. The highest BCUT2D eigenvalue weighted by molar-refractivity contribution is 5.47. The molecule has 2 N–H and O–H groups in total. The zero-order valence-electron chi connectivity index (χ0n) is 10.9. The molecule has 0 saturated heterocycles. The Labute approximate surface area is 109 Å². The highest BCUT2D eigenvalue weighted by atomic mass is 15.0. The minimum Gasteiger partial charge on any atom is -0.367 e. The molecule has 0 unspecified atom stereocenters. The molecule has 18 heavy (non-hydrogen) atoms. The first-order valence-corrected chi connectivity index (χ1v) is 7.23. The van der Waals surface area contributed by atoms with Crippen LogP contribution >= 0.6 is 0 Å². The van der Waals surface area contributed by atoms with Crippen LogP contribution in [0.15, 0.2) is 6.33 Å². The predicted molar refractivity (Wildman–Crippen MR) is 72.8 cm³/mol. The summed E-state index contributed by atoms with van der Waals surface area (Å²) in [4.78, 5) is 8.92. The predicted octanol–water partition coefficient (Wildman–Crippen LogP) is 1.91. The van der Waals surface area contributed by atoms with Crippen LogP contribution in [0.1, 0.15) is 43.4 Å². The minimum absolute atomic E-state index is 0.619. The molecule has 0 atom stereocenters. The van der Waals surface area contributed by atoms with Crippen molar-refractivity contribution in [2.45, 2.75) is 51.0 Å². The zero-order valence-corrected chi connectivity index (χ0v) is 10.9. The molecular formula is C14H22N4. The van der Waals surface area contributed by atoms with E-state index in [0.717, 1.165) is 31.7 Å². The molecule has 1 aliphatic heterocycles. The number of rotatable bonds is 2. The van der Waals surface area contributed by atoms with E-state index in [0.29, 0.717) is 6.04 Å². The molecule has 0 radical (unpaired) electrons. The highest BCUT2D eigenvalue weighted by Crippen LogP contribution is 2.24. The monoisotopic (exact) mass is 246 g/mol. The van der Waals surface area contributed by atoms with E-state index in [1.54, 1.807) is 6.33 Å². The van der Waals surface area contributed by atoms with Crippen molar-refractivity contribution in [2.75, 3.05) is 18.4 Å². The highest BCUT2D eigenvalue weighted by Gasteiger charge is 2.18. The molecule has 0 spiro atoms. The van der Waals surface area contributed by atoms with Crippen molar-refractivity contribution in [3.05, 3.63) is 17.6 Å². The fourth-order valence-electron chi connectivity index (χ4n) is 3.04. The number of hydrogen-bond donors (Lipinski definition) is 2. The largest absolute Gasteiger partial charge is 0.367 e. The molecule has 0 amide bonds. The molecule has 0 bridgehead atoms. The maximum absolute atomic E-state index is 4.48. The minimum atomic E-state index is 0.619. The fraction of sp³-hybridized carbons (Fsp3) is 0.714. The van der Waals surface area contributed by atoms with E-state index in [9.17, 15) is 0 Å². The molecule has 4 heteroatoms. The van der Waals surface area contributed by atoms with Crippen LogP contribution in [0.5, 0.6) is 0 Å². The second-order valence-electron chi connectivity index (χ2n) is 5.38. The fourth-order valence-corrected chi connectivity index (χ4v) is 3.04. The van der Waals surface area contributed by atoms with Gasteiger partial charge in [0, 0.05) is 24.6 Å². The smallest absolute Gasteiger partial charge is 0.133 e. The van der Waals surface area contributed by atoms with Gasteiger partial charge in [-0.1, -0.05) is 19.3 Å². The summed E-state index contributed by atoms with van der Waals surface area (Å²) in [7, 11) is 0. The molecule has 2 heterocycles. The van der Waals surface area contributed by atoms with Gasteiger partial charge >= 0.3 is 0 Å². The lowest BCUT2D eigenvalue weighted by Crippen LogP contribution is -2.24. The van der Waals surface area contributed by atoms with Crippen molar-refractivity contribution in [2.24, 2.45) is 0 Å². The average Bonchev–Trinajstić information content (AvgIpc) is 2.66. The van der Waals surface area contributed by atoms with Crippen molar-refractivity contribution in [1.82, 2.24) is 15.3 Å². The Kier molecular flexibility index (Phi) is 3.74. The molecule has 1 fully saturated rings. The van der Waals surface area contributed by atoms with Gasteiger partial charge in [-0.3, -0.25) is 0 Å². The third-order valence-electron chi connectivity index (χ3n) is 4.07. The number of fused-ring (bicyclic) bond motifs is 1. The Morgan fingerprint density at radius 3 is 2.78 bits per heavy atom. The summed E-state index contributed by atoms with van der Waals surface area (Å²) in [5, 5.41) is 7.09. The molecule has 4 nitrogen and oxygen atoms in total. The summed E-state index contributed by atoms with van der Waals surface area (Å²) in [5.41, 5.74) is 2.57. The van der Waals surface area contributed by atoms with Crippen LogP contribution in [0.3, 0.4) is 0 Å². The lowest BCUT2D eigenvalue weighted by atomic mass is 9.95. The number of aromatic nitrogens is 2. The molecule has 98 valence electrons. The Morgan fingerprint density at radius 1 is 1.06 bits per heavy atom. The molecule has 0 aromatic carbocycles. The molecule has 3 rings (SSSR count). The number of hydrogen-bond acceptors (Lipinski definition) is 4. The normalized spacial score (nSPS) is 21.1. The van der Waals surface area contributed by atoms with Crippen molar-refractivity contribution < 1.29 is 0 Å². The van der Waals surface area contributed by atoms with E-state index in [2.05, 4.69) is 20.6 Å². The first-order valence-electron chi connectivity index (χ1n) is 7.23. The number of nitrogens with one attached hydrogen (secondary N) is 2. The van der Waals surface area contributed by atoms with Crippen molar-refractivity contribution in [1.29, 1.82) is 0 Å². The first kappa shape index (κ1) is 11.9. The zero-order chi connectivity index (χ0) is 12.2. The lowest BCUT2D eigenvalue weighted by Gasteiger charge is -2.24. The van der Waals surface area contributed by atoms with Gasteiger partial charge in [0.2, 0.25) is 0 Å². The van der Waals surface area contributed by atoms with E-state index in [1.807, 2.05) is 0 Å². The van der Waals surface area contributed by atoms with Crippen molar-refractivity contribution in [3.8, 4) is 0 Å². The van der Waals surface area contributed by atoms with Crippen LogP contribution < -0.4 is 10.6 Å². The Balaban J connectivity index is 1.78. The molecule has 1 aromatic heterocycles. The summed E-state index contributed by atoms with van der Waals surface area (Å²) in [6.45, 7) is 2.08. The van der Waals surface area contributed by atoms with Gasteiger partial charge in [0.15, 0.2) is 0 Å². The second-order valence-corrected chi connectivity index (χ2v) is 5.38. The van der Waals surface area contributed by atoms with E-state index >= 15 is 0 Å². The summed E-state index contributed by atoms with van der Waals surface area (Å²) in [6, 6.07) is 0.619. The summed E-state index contributed by atoms with van der Waals surface area (Å²) in [6.07, 6.45) is 10.5. The van der Waals surface area contributed by atoms with Gasteiger partial charge < -0.3 is 10.6 Å². The van der Waals surface area contributed by atoms with Crippen LogP contribution in [-0.4, -0.2) is 29.1 Å². The molecule has 1 aliphatic carbocycles. The molecular weight excluding hydrogens is 224 g/mol. The van der Waals surface area contributed by atoms with E-state index in [4.69, 9.17) is 0 Å². The quantitative estimate of drug-likeness (QED) is 0.837. The molecule has 1 aromatic rings. The second kappa shape index (κ2) is 5.65. The summed E-state index contributed by atoms with van der Waals surface area (Å²) in [5.74, 6) is 1.09. The van der Waals surface area contributed by atoms with Crippen LogP contribution in [0.25, 0.3) is 0 Å². The van der Waals surface area contributed by atoms with Crippen LogP contribution in [0, 0.1) is 0 Å². The average molecular weight is 246 g/mol. The van der Waals surface area contributed by atoms with Crippen molar-refractivity contribution in [3.63, 3.8) is 0 Å². The summed E-state index contributed by atoms with van der Waals surface area (Å²) < 4.78 is 0. The SMILES string of the molecule is c1nc2c(c(NC3CCCCC3)n1)CCNCC2. The van der Waals surface area contributed by atoms with Gasteiger partial charge in [-0.05, 0) is 25.8 Å². The van der Waals surface area contributed by atoms with Crippen LogP contribution in [-0.2, 0) is 12.8 Å². The van der Waals surface area contributed by atoms with Crippen LogP contribution in [0.4, 0.5) is 5.82 Å². The number of nitrogens with zero attached hydrogens (tertiary/aromatic N) is 2. The van der Waals surface area contributed by atoms with Gasteiger partial charge in [-0.2, -0.15) is 0 Å². The topological polar surface area (TPSA) is 49.8 Å². The van der Waals surface area contributed by atoms with Crippen molar-refractivity contribution >= 4 is 5.82 Å². The van der Waals surface area contributed by atoms with E-state index < -0.39 is 0 Å². The van der Waals surface area contributed by atoms with Gasteiger partial charge in [-0.15, -0.1) is 0 Å². The van der Waals surface area contributed by atoms with Gasteiger partial charge in [0.25, 0.3) is 0 Å². The lowest BCUT2D eigenvalue weighted by molar-refractivity contribution is 0.461. The molecule has 1 saturated carbocycles. The van der Waals surface area contributed by atoms with E-state index in [-0.39, 0.29) is 0 Å². The Morgan fingerprint density at radius 2 is 1.89 bits per heavy atom. The van der Waals surface area contributed by atoms with E-state index in [1.165, 1.54) is 43.4 Å². The van der Waals surface area contributed by atoms with Gasteiger partial charge in [-0.25, -0.2) is 9.97 Å². The third-order valence-corrected chi connectivity index (χ3v) is 4.07. The Hall–Kier alpha value is -1.16. The van der Waals surface area contributed by atoms with Gasteiger partial charge in [0.05, 0.1) is 5.69 Å².